The zero-order valence-corrected chi connectivity index (χ0v) is 11.7. The van der Waals surface area contributed by atoms with E-state index in [1.165, 1.54) is 17.5 Å². The first-order valence-electron chi connectivity index (χ1n) is 7.48. The standard InChI is InChI=1S/C17H23NO/c1-12-5-4-8-17(18,11-12)16(19)10-14-9-13-6-2-3-7-15(13)14/h2-3,6-7,12,14H,4-5,8-11,18H2,1H3. The third-order valence-corrected chi connectivity index (χ3v) is 4.98. The highest BCUT2D eigenvalue weighted by atomic mass is 16.1. The van der Waals surface area contributed by atoms with Gasteiger partial charge in [0.2, 0.25) is 0 Å². The molecule has 0 saturated heterocycles. The van der Waals surface area contributed by atoms with E-state index in [9.17, 15) is 4.79 Å². The van der Waals surface area contributed by atoms with Crippen molar-refractivity contribution in [1.82, 2.24) is 0 Å². The molecule has 102 valence electrons. The first-order valence-corrected chi connectivity index (χ1v) is 7.48. The van der Waals surface area contributed by atoms with E-state index in [1.54, 1.807) is 0 Å². The van der Waals surface area contributed by atoms with Crippen LogP contribution in [0.2, 0.25) is 0 Å². The van der Waals surface area contributed by atoms with Gasteiger partial charge in [-0.2, -0.15) is 0 Å². The molecule has 1 fully saturated rings. The molecule has 0 bridgehead atoms. The lowest BCUT2D eigenvalue weighted by Gasteiger charge is -2.38. The van der Waals surface area contributed by atoms with Crippen molar-refractivity contribution in [3.8, 4) is 0 Å². The van der Waals surface area contributed by atoms with E-state index in [4.69, 9.17) is 5.73 Å². The summed E-state index contributed by atoms with van der Waals surface area (Å²) in [5, 5.41) is 0. The molecule has 1 aromatic rings. The van der Waals surface area contributed by atoms with E-state index in [0.29, 0.717) is 24.0 Å². The summed E-state index contributed by atoms with van der Waals surface area (Å²) in [5.41, 5.74) is 8.62. The lowest BCUT2D eigenvalue weighted by molar-refractivity contribution is -0.126. The molecule has 2 aliphatic carbocycles. The smallest absolute Gasteiger partial charge is 0.153 e. The molecular formula is C17H23NO. The van der Waals surface area contributed by atoms with Crippen molar-refractivity contribution in [2.75, 3.05) is 0 Å². The third kappa shape index (κ3) is 2.34. The predicted molar refractivity (Wildman–Crippen MR) is 77.1 cm³/mol. The van der Waals surface area contributed by atoms with E-state index in [1.807, 2.05) is 0 Å². The molecule has 2 heteroatoms. The zero-order chi connectivity index (χ0) is 13.5. The molecule has 2 aliphatic rings. The van der Waals surface area contributed by atoms with Crippen molar-refractivity contribution in [3.63, 3.8) is 0 Å². The molecular weight excluding hydrogens is 234 g/mol. The quantitative estimate of drug-likeness (QED) is 0.903. The van der Waals surface area contributed by atoms with Gasteiger partial charge in [0.15, 0.2) is 5.78 Å². The fraction of sp³-hybridized carbons (Fsp3) is 0.588. The van der Waals surface area contributed by atoms with Crippen LogP contribution in [0, 0.1) is 5.92 Å². The maximum Gasteiger partial charge on any atom is 0.153 e. The summed E-state index contributed by atoms with van der Waals surface area (Å²) in [6.45, 7) is 2.21. The fourth-order valence-electron chi connectivity index (χ4n) is 3.82. The molecule has 0 aromatic heterocycles. The summed E-state index contributed by atoms with van der Waals surface area (Å²) in [6.07, 6.45) is 5.77. The van der Waals surface area contributed by atoms with Crippen LogP contribution in [0.5, 0.6) is 0 Å². The molecule has 2 N–H and O–H groups in total. The summed E-state index contributed by atoms with van der Waals surface area (Å²) in [7, 11) is 0. The number of nitrogens with two attached hydrogens (primary N) is 1. The van der Waals surface area contributed by atoms with Gasteiger partial charge in [-0.25, -0.2) is 0 Å². The van der Waals surface area contributed by atoms with Crippen LogP contribution in [-0.2, 0) is 11.2 Å². The number of carbonyl (C=O) groups is 1. The van der Waals surface area contributed by atoms with Crippen molar-refractivity contribution < 1.29 is 4.79 Å². The number of rotatable bonds is 3. The van der Waals surface area contributed by atoms with Gasteiger partial charge in [0, 0.05) is 6.42 Å². The minimum Gasteiger partial charge on any atom is -0.319 e. The fourth-order valence-corrected chi connectivity index (χ4v) is 3.82. The molecule has 0 heterocycles. The van der Waals surface area contributed by atoms with E-state index in [2.05, 4.69) is 31.2 Å². The van der Waals surface area contributed by atoms with Gasteiger partial charge < -0.3 is 5.73 Å². The van der Waals surface area contributed by atoms with Crippen LogP contribution in [0.4, 0.5) is 0 Å². The maximum absolute atomic E-state index is 12.6. The van der Waals surface area contributed by atoms with Gasteiger partial charge in [0.05, 0.1) is 5.54 Å². The summed E-state index contributed by atoms with van der Waals surface area (Å²) in [6, 6.07) is 8.46. The number of Topliss-reactive ketones (excluding diaryl/α,β-unsaturated/α-hetero) is 1. The van der Waals surface area contributed by atoms with Gasteiger partial charge in [0.1, 0.15) is 0 Å². The Bertz CT molecular complexity index is 496. The van der Waals surface area contributed by atoms with E-state index in [0.717, 1.165) is 25.7 Å². The molecule has 3 rings (SSSR count). The van der Waals surface area contributed by atoms with E-state index in [-0.39, 0.29) is 0 Å². The van der Waals surface area contributed by atoms with Gasteiger partial charge in [0.25, 0.3) is 0 Å². The average molecular weight is 257 g/mol. The summed E-state index contributed by atoms with van der Waals surface area (Å²) >= 11 is 0. The van der Waals surface area contributed by atoms with Gasteiger partial charge in [-0.05, 0) is 42.2 Å². The Morgan fingerprint density at radius 3 is 2.95 bits per heavy atom. The van der Waals surface area contributed by atoms with Gasteiger partial charge in [-0.15, -0.1) is 0 Å². The Hall–Kier alpha value is -1.15. The van der Waals surface area contributed by atoms with E-state index >= 15 is 0 Å². The Morgan fingerprint density at radius 2 is 2.21 bits per heavy atom. The maximum atomic E-state index is 12.6. The van der Waals surface area contributed by atoms with Crippen LogP contribution < -0.4 is 5.73 Å². The van der Waals surface area contributed by atoms with Crippen LogP contribution >= 0.6 is 0 Å². The average Bonchev–Trinajstić information content (AvgIpc) is 2.35. The van der Waals surface area contributed by atoms with Crippen molar-refractivity contribution in [2.45, 2.75) is 56.9 Å². The molecule has 1 saturated carbocycles. The molecule has 3 unspecified atom stereocenters. The molecule has 19 heavy (non-hydrogen) atoms. The SMILES string of the molecule is CC1CCCC(N)(C(=O)CC2Cc3ccccc32)C1. The number of fused-ring (bicyclic) bond motifs is 1. The second kappa shape index (κ2) is 4.75. The molecule has 0 spiro atoms. The number of hydrogen-bond acceptors (Lipinski definition) is 2. The number of ketones is 1. The first kappa shape index (κ1) is 12.9. The second-order valence-corrected chi connectivity index (χ2v) is 6.58. The van der Waals surface area contributed by atoms with Crippen molar-refractivity contribution in [2.24, 2.45) is 11.7 Å². The molecule has 3 atom stereocenters. The van der Waals surface area contributed by atoms with E-state index < -0.39 is 5.54 Å². The minimum atomic E-state index is -0.539. The van der Waals surface area contributed by atoms with Crippen LogP contribution in [-0.4, -0.2) is 11.3 Å². The molecule has 1 aromatic carbocycles. The topological polar surface area (TPSA) is 43.1 Å². The van der Waals surface area contributed by atoms with Gasteiger partial charge in [-0.1, -0.05) is 44.0 Å². The van der Waals surface area contributed by atoms with Gasteiger partial charge in [-0.3, -0.25) is 4.79 Å². The summed E-state index contributed by atoms with van der Waals surface area (Å²) in [4.78, 5) is 12.6. The zero-order valence-electron chi connectivity index (χ0n) is 11.7. The summed E-state index contributed by atoms with van der Waals surface area (Å²) in [5.74, 6) is 1.30. The van der Waals surface area contributed by atoms with Gasteiger partial charge >= 0.3 is 0 Å². The Balaban J connectivity index is 1.66. The molecule has 0 amide bonds. The first-order chi connectivity index (χ1) is 9.08. The largest absolute Gasteiger partial charge is 0.319 e. The normalized spacial score (nSPS) is 33.4. The Morgan fingerprint density at radius 1 is 1.42 bits per heavy atom. The predicted octanol–water partition coefficient (Wildman–Crippen LogP) is 3.19. The van der Waals surface area contributed by atoms with Crippen molar-refractivity contribution in [1.29, 1.82) is 0 Å². The van der Waals surface area contributed by atoms with Crippen LogP contribution in [0.15, 0.2) is 24.3 Å². The van der Waals surface area contributed by atoms with Crippen LogP contribution in [0.3, 0.4) is 0 Å². The summed E-state index contributed by atoms with van der Waals surface area (Å²) < 4.78 is 0. The minimum absolute atomic E-state index is 0.290. The third-order valence-electron chi connectivity index (χ3n) is 4.98. The molecule has 0 aliphatic heterocycles. The highest BCUT2D eigenvalue weighted by Gasteiger charge is 2.40. The number of carbonyl (C=O) groups excluding carboxylic acids is 1. The monoisotopic (exact) mass is 257 g/mol. The lowest BCUT2D eigenvalue weighted by atomic mass is 9.69. The number of hydrogen-bond donors (Lipinski definition) is 1. The van der Waals surface area contributed by atoms with Crippen LogP contribution in [0.1, 0.15) is 56.1 Å². The Kier molecular flexibility index (Phi) is 3.22. The highest BCUT2D eigenvalue weighted by molar-refractivity contribution is 5.89. The van der Waals surface area contributed by atoms with Crippen LogP contribution in [0.25, 0.3) is 0 Å². The molecule has 0 radical (unpaired) electrons. The lowest BCUT2D eigenvalue weighted by Crippen LogP contribution is -2.51. The van der Waals surface area contributed by atoms with Crippen molar-refractivity contribution in [3.05, 3.63) is 35.4 Å². The Labute approximate surface area is 115 Å². The van der Waals surface area contributed by atoms with Crippen molar-refractivity contribution >= 4 is 5.78 Å². The molecule has 2 nitrogen and oxygen atoms in total. The highest BCUT2D eigenvalue weighted by Crippen LogP contribution is 2.40. The second-order valence-electron chi connectivity index (χ2n) is 6.58. The number of benzene rings is 1.